The van der Waals surface area contributed by atoms with Crippen LogP contribution >= 0.6 is 11.6 Å². The fourth-order valence-electron chi connectivity index (χ4n) is 1.28. The normalized spacial score (nSPS) is 17.9. The van der Waals surface area contributed by atoms with Gasteiger partial charge in [0.15, 0.2) is 0 Å². The molecule has 1 N–H and O–H groups in total. The molecule has 4 heteroatoms. The van der Waals surface area contributed by atoms with Crippen LogP contribution in [0.5, 0.6) is 0 Å². The zero-order valence-corrected chi connectivity index (χ0v) is 9.01. The van der Waals surface area contributed by atoms with E-state index in [9.17, 15) is 0 Å². The number of aromatic nitrogens is 2. The van der Waals surface area contributed by atoms with Crippen molar-refractivity contribution < 1.29 is 0 Å². The summed E-state index contributed by atoms with van der Waals surface area (Å²) < 4.78 is 0. The van der Waals surface area contributed by atoms with Crippen molar-refractivity contribution in [3.63, 3.8) is 0 Å². The number of hydrogen-bond donors (Lipinski definition) is 1. The molecule has 0 spiro atoms. The lowest BCUT2D eigenvalue weighted by Crippen LogP contribution is -2.18. The van der Waals surface area contributed by atoms with E-state index in [1.54, 1.807) is 0 Å². The van der Waals surface area contributed by atoms with E-state index >= 15 is 0 Å². The zero-order valence-electron chi connectivity index (χ0n) is 8.26. The van der Waals surface area contributed by atoms with Crippen molar-refractivity contribution >= 4 is 17.5 Å². The van der Waals surface area contributed by atoms with E-state index in [1.807, 2.05) is 19.3 Å². The van der Waals surface area contributed by atoms with Crippen molar-refractivity contribution in [2.24, 2.45) is 5.41 Å². The van der Waals surface area contributed by atoms with Gasteiger partial charge in [-0.2, -0.15) is 0 Å². The second-order valence-electron chi connectivity index (χ2n) is 4.07. The van der Waals surface area contributed by atoms with Crippen molar-refractivity contribution in [1.29, 1.82) is 0 Å². The van der Waals surface area contributed by atoms with Crippen LogP contribution in [-0.2, 0) is 0 Å². The molecule has 0 bridgehead atoms. The lowest BCUT2D eigenvalue weighted by molar-refractivity contribution is 0.615. The molecule has 14 heavy (non-hydrogen) atoms. The summed E-state index contributed by atoms with van der Waals surface area (Å²) in [5, 5.41) is 3.22. The molecule has 1 aliphatic carbocycles. The van der Waals surface area contributed by atoms with Crippen molar-refractivity contribution in [2.75, 3.05) is 17.7 Å². The molecule has 0 unspecified atom stereocenters. The second kappa shape index (κ2) is 3.73. The smallest absolute Gasteiger partial charge is 0.222 e. The molecule has 0 saturated heterocycles. The standard InChI is InChI=1S/C10H14ClN3/c1-8-4-12-9(13-5-8)14-7-10(6-11)2-3-10/h4-5H,2-3,6-7H2,1H3,(H,12,13,14). The Morgan fingerprint density at radius 2 is 2.07 bits per heavy atom. The molecule has 0 amide bonds. The van der Waals surface area contributed by atoms with Crippen LogP contribution in [0.15, 0.2) is 12.4 Å². The van der Waals surface area contributed by atoms with Crippen LogP contribution in [0.2, 0.25) is 0 Å². The average molecular weight is 212 g/mol. The second-order valence-corrected chi connectivity index (χ2v) is 4.34. The molecular formula is C10H14ClN3. The number of nitrogens with one attached hydrogen (secondary N) is 1. The van der Waals surface area contributed by atoms with Crippen molar-refractivity contribution in [2.45, 2.75) is 19.8 Å². The molecule has 76 valence electrons. The number of rotatable bonds is 4. The zero-order chi connectivity index (χ0) is 10.0. The van der Waals surface area contributed by atoms with Gasteiger partial charge in [0.1, 0.15) is 0 Å². The maximum Gasteiger partial charge on any atom is 0.222 e. The molecule has 1 saturated carbocycles. The molecule has 3 nitrogen and oxygen atoms in total. The molecule has 1 fully saturated rings. The van der Waals surface area contributed by atoms with Gasteiger partial charge in [-0.3, -0.25) is 0 Å². The van der Waals surface area contributed by atoms with Gasteiger partial charge in [0.05, 0.1) is 0 Å². The van der Waals surface area contributed by atoms with Crippen LogP contribution < -0.4 is 5.32 Å². The fraction of sp³-hybridized carbons (Fsp3) is 0.600. The highest BCUT2D eigenvalue weighted by Gasteiger charge is 2.41. The maximum atomic E-state index is 5.87. The first-order valence-electron chi connectivity index (χ1n) is 4.83. The maximum absolute atomic E-state index is 5.87. The minimum Gasteiger partial charge on any atom is -0.354 e. The van der Waals surface area contributed by atoms with Crippen LogP contribution in [0.4, 0.5) is 5.95 Å². The van der Waals surface area contributed by atoms with Gasteiger partial charge >= 0.3 is 0 Å². The Kier molecular flexibility index (Phi) is 2.59. The highest BCUT2D eigenvalue weighted by molar-refractivity contribution is 6.18. The minimum absolute atomic E-state index is 0.315. The lowest BCUT2D eigenvalue weighted by Gasteiger charge is -2.11. The average Bonchev–Trinajstić information content (AvgIpc) is 2.98. The van der Waals surface area contributed by atoms with Gasteiger partial charge in [-0.1, -0.05) is 0 Å². The molecule has 1 aliphatic rings. The van der Waals surface area contributed by atoms with Crippen LogP contribution in [0, 0.1) is 12.3 Å². The topological polar surface area (TPSA) is 37.8 Å². The van der Waals surface area contributed by atoms with Crippen LogP contribution in [0.25, 0.3) is 0 Å². The molecule has 0 atom stereocenters. The number of halogens is 1. The monoisotopic (exact) mass is 211 g/mol. The van der Waals surface area contributed by atoms with Gasteiger partial charge in [-0.05, 0) is 25.3 Å². The number of hydrogen-bond acceptors (Lipinski definition) is 3. The lowest BCUT2D eigenvalue weighted by atomic mass is 10.1. The number of aryl methyl sites for hydroxylation is 1. The molecule has 1 aromatic heterocycles. The quantitative estimate of drug-likeness (QED) is 0.777. The number of anilines is 1. The summed E-state index contributed by atoms with van der Waals surface area (Å²) in [7, 11) is 0. The van der Waals surface area contributed by atoms with E-state index in [2.05, 4.69) is 15.3 Å². The van der Waals surface area contributed by atoms with E-state index < -0.39 is 0 Å². The molecule has 1 aromatic rings. The predicted octanol–water partition coefficient (Wildman–Crippen LogP) is 2.22. The van der Waals surface area contributed by atoms with Crippen molar-refractivity contribution in [3.8, 4) is 0 Å². The van der Waals surface area contributed by atoms with Crippen molar-refractivity contribution in [3.05, 3.63) is 18.0 Å². The van der Waals surface area contributed by atoms with Gasteiger partial charge in [-0.25, -0.2) is 9.97 Å². The first-order chi connectivity index (χ1) is 6.74. The largest absolute Gasteiger partial charge is 0.354 e. The number of alkyl halides is 1. The SMILES string of the molecule is Cc1cnc(NCC2(CCl)CC2)nc1. The van der Waals surface area contributed by atoms with Crippen LogP contribution in [-0.4, -0.2) is 22.4 Å². The third-order valence-electron chi connectivity index (χ3n) is 2.64. The van der Waals surface area contributed by atoms with E-state index in [1.165, 1.54) is 12.8 Å². The summed E-state index contributed by atoms with van der Waals surface area (Å²) in [6.45, 7) is 2.87. The predicted molar refractivity (Wildman–Crippen MR) is 57.6 cm³/mol. The van der Waals surface area contributed by atoms with Gasteiger partial charge in [0, 0.05) is 30.2 Å². The van der Waals surface area contributed by atoms with Crippen LogP contribution in [0.1, 0.15) is 18.4 Å². The van der Waals surface area contributed by atoms with Crippen molar-refractivity contribution in [1.82, 2.24) is 9.97 Å². The first-order valence-corrected chi connectivity index (χ1v) is 5.36. The summed E-state index contributed by atoms with van der Waals surface area (Å²) in [5.74, 6) is 1.43. The van der Waals surface area contributed by atoms with Gasteiger partial charge in [0.25, 0.3) is 0 Å². The highest BCUT2D eigenvalue weighted by Crippen LogP contribution is 2.46. The van der Waals surface area contributed by atoms with Crippen LogP contribution in [0.3, 0.4) is 0 Å². The summed E-state index contributed by atoms with van der Waals surface area (Å²) >= 11 is 5.87. The van der Waals surface area contributed by atoms with E-state index in [4.69, 9.17) is 11.6 Å². The van der Waals surface area contributed by atoms with Gasteiger partial charge < -0.3 is 5.32 Å². The molecule has 0 aliphatic heterocycles. The Labute approximate surface area is 88.9 Å². The van der Waals surface area contributed by atoms with Gasteiger partial charge in [0.2, 0.25) is 5.95 Å². The molecule has 2 rings (SSSR count). The minimum atomic E-state index is 0.315. The summed E-state index contributed by atoms with van der Waals surface area (Å²) in [6, 6.07) is 0. The van der Waals surface area contributed by atoms with Gasteiger partial charge in [-0.15, -0.1) is 11.6 Å². The summed E-state index contributed by atoms with van der Waals surface area (Å²) in [5.41, 5.74) is 1.39. The first kappa shape index (κ1) is 9.71. The fourth-order valence-corrected chi connectivity index (χ4v) is 1.65. The third kappa shape index (κ3) is 2.15. The van der Waals surface area contributed by atoms with E-state index in [0.29, 0.717) is 11.4 Å². The summed E-state index contributed by atoms with van der Waals surface area (Å²) in [6.07, 6.45) is 6.07. The third-order valence-corrected chi connectivity index (χ3v) is 3.21. The number of nitrogens with zero attached hydrogens (tertiary/aromatic N) is 2. The molecule has 0 aromatic carbocycles. The Bertz CT molecular complexity index is 306. The Balaban J connectivity index is 1.89. The summed E-state index contributed by atoms with van der Waals surface area (Å²) in [4.78, 5) is 8.36. The Hall–Kier alpha value is -0.830. The molecular weight excluding hydrogens is 198 g/mol. The Morgan fingerprint density at radius 3 is 2.57 bits per heavy atom. The molecule has 1 heterocycles. The highest BCUT2D eigenvalue weighted by atomic mass is 35.5. The molecule has 0 radical (unpaired) electrons. The Morgan fingerprint density at radius 1 is 1.43 bits per heavy atom. The van der Waals surface area contributed by atoms with E-state index in [-0.39, 0.29) is 0 Å². The van der Waals surface area contributed by atoms with E-state index in [0.717, 1.165) is 18.0 Å².